The second-order valence-corrected chi connectivity index (χ2v) is 4.11. The van der Waals surface area contributed by atoms with Gasteiger partial charge in [0.25, 0.3) is 5.91 Å². The molecule has 5 heteroatoms. The van der Waals surface area contributed by atoms with Crippen LogP contribution in [0, 0.1) is 11.3 Å². The fraction of sp³-hybridized carbons (Fsp3) is 0.385. The Kier molecular flexibility index (Phi) is 3.68. The van der Waals surface area contributed by atoms with Gasteiger partial charge in [-0.25, -0.2) is 0 Å². The summed E-state index contributed by atoms with van der Waals surface area (Å²) in [4.78, 5) is 11.5. The molecular weight excluding hydrogens is 232 g/mol. The SMILES string of the molecule is COc1cc(C#N)ccc1OCC(=O)NC1CC1. The molecule has 1 saturated carbocycles. The van der Waals surface area contributed by atoms with E-state index < -0.39 is 0 Å². The van der Waals surface area contributed by atoms with E-state index in [9.17, 15) is 4.79 Å². The van der Waals surface area contributed by atoms with E-state index in [0.717, 1.165) is 12.8 Å². The molecule has 0 aromatic heterocycles. The number of methoxy groups -OCH3 is 1. The third-order valence-electron chi connectivity index (χ3n) is 2.59. The van der Waals surface area contributed by atoms with Gasteiger partial charge in [-0.3, -0.25) is 4.79 Å². The Morgan fingerprint density at radius 3 is 2.89 bits per heavy atom. The van der Waals surface area contributed by atoms with Gasteiger partial charge in [0.2, 0.25) is 0 Å². The molecule has 1 aliphatic carbocycles. The summed E-state index contributed by atoms with van der Waals surface area (Å²) >= 11 is 0. The number of nitriles is 1. The summed E-state index contributed by atoms with van der Waals surface area (Å²) < 4.78 is 10.5. The van der Waals surface area contributed by atoms with Crippen molar-refractivity contribution in [1.29, 1.82) is 5.26 Å². The number of benzene rings is 1. The lowest BCUT2D eigenvalue weighted by atomic mass is 10.2. The van der Waals surface area contributed by atoms with Gasteiger partial charge in [0, 0.05) is 12.1 Å². The zero-order valence-electron chi connectivity index (χ0n) is 10.1. The quantitative estimate of drug-likeness (QED) is 0.848. The summed E-state index contributed by atoms with van der Waals surface area (Å²) in [6, 6.07) is 7.16. The van der Waals surface area contributed by atoms with Gasteiger partial charge < -0.3 is 14.8 Å². The monoisotopic (exact) mass is 246 g/mol. The number of nitrogens with zero attached hydrogens (tertiary/aromatic N) is 1. The van der Waals surface area contributed by atoms with Crippen LogP contribution in [0.15, 0.2) is 18.2 Å². The highest BCUT2D eigenvalue weighted by atomic mass is 16.5. The van der Waals surface area contributed by atoms with Crippen molar-refractivity contribution < 1.29 is 14.3 Å². The first-order valence-corrected chi connectivity index (χ1v) is 5.73. The van der Waals surface area contributed by atoms with Crippen molar-refractivity contribution in [1.82, 2.24) is 5.32 Å². The summed E-state index contributed by atoms with van der Waals surface area (Å²) in [7, 11) is 1.49. The van der Waals surface area contributed by atoms with Gasteiger partial charge in [-0.2, -0.15) is 5.26 Å². The molecule has 1 fully saturated rings. The van der Waals surface area contributed by atoms with Crippen molar-refractivity contribution in [2.24, 2.45) is 0 Å². The molecule has 1 aromatic carbocycles. The fourth-order valence-electron chi connectivity index (χ4n) is 1.50. The van der Waals surface area contributed by atoms with E-state index in [1.54, 1.807) is 18.2 Å². The number of carbonyl (C=O) groups excluding carboxylic acids is 1. The summed E-state index contributed by atoms with van der Waals surface area (Å²) in [5, 5.41) is 11.6. The van der Waals surface area contributed by atoms with Crippen LogP contribution in [0.2, 0.25) is 0 Å². The molecule has 0 aliphatic heterocycles. The molecule has 0 bridgehead atoms. The van der Waals surface area contributed by atoms with E-state index >= 15 is 0 Å². The summed E-state index contributed by atoms with van der Waals surface area (Å²) in [5.41, 5.74) is 0.488. The molecule has 1 aromatic rings. The first kappa shape index (κ1) is 12.2. The van der Waals surface area contributed by atoms with Crippen molar-refractivity contribution in [2.45, 2.75) is 18.9 Å². The molecule has 0 heterocycles. The third-order valence-corrected chi connectivity index (χ3v) is 2.59. The highest BCUT2D eigenvalue weighted by Gasteiger charge is 2.23. The normalized spacial score (nSPS) is 13.6. The highest BCUT2D eigenvalue weighted by Crippen LogP contribution is 2.27. The molecule has 94 valence electrons. The topological polar surface area (TPSA) is 71.3 Å². The van der Waals surface area contributed by atoms with Gasteiger partial charge in [-0.1, -0.05) is 0 Å². The van der Waals surface area contributed by atoms with E-state index in [2.05, 4.69) is 5.32 Å². The number of rotatable bonds is 5. The zero-order valence-corrected chi connectivity index (χ0v) is 10.1. The Labute approximate surface area is 105 Å². The Balaban J connectivity index is 1.95. The van der Waals surface area contributed by atoms with E-state index in [-0.39, 0.29) is 12.5 Å². The Bertz CT molecular complexity index is 489. The first-order valence-electron chi connectivity index (χ1n) is 5.73. The van der Waals surface area contributed by atoms with Gasteiger partial charge in [0.05, 0.1) is 18.7 Å². The Morgan fingerprint density at radius 2 is 2.28 bits per heavy atom. The van der Waals surface area contributed by atoms with Crippen LogP contribution in [0.4, 0.5) is 0 Å². The van der Waals surface area contributed by atoms with Gasteiger partial charge in [-0.15, -0.1) is 0 Å². The largest absolute Gasteiger partial charge is 0.493 e. The molecule has 1 aliphatic rings. The van der Waals surface area contributed by atoms with Crippen LogP contribution >= 0.6 is 0 Å². The van der Waals surface area contributed by atoms with Crippen LogP contribution in [0.3, 0.4) is 0 Å². The summed E-state index contributed by atoms with van der Waals surface area (Å²) in [5.74, 6) is 0.777. The van der Waals surface area contributed by atoms with E-state index in [1.165, 1.54) is 7.11 Å². The number of carbonyl (C=O) groups is 1. The van der Waals surface area contributed by atoms with Crippen LogP contribution in [-0.4, -0.2) is 25.7 Å². The maximum atomic E-state index is 11.5. The van der Waals surface area contributed by atoms with Crippen molar-refractivity contribution in [3.05, 3.63) is 23.8 Å². The van der Waals surface area contributed by atoms with Gasteiger partial charge in [0.15, 0.2) is 18.1 Å². The van der Waals surface area contributed by atoms with Crippen molar-refractivity contribution >= 4 is 5.91 Å². The molecule has 2 rings (SSSR count). The molecular formula is C13H14N2O3. The van der Waals surface area contributed by atoms with Crippen LogP contribution in [0.1, 0.15) is 18.4 Å². The van der Waals surface area contributed by atoms with Crippen LogP contribution in [0.5, 0.6) is 11.5 Å². The smallest absolute Gasteiger partial charge is 0.258 e. The summed E-state index contributed by atoms with van der Waals surface area (Å²) in [6.07, 6.45) is 2.10. The number of hydrogen-bond acceptors (Lipinski definition) is 4. The molecule has 5 nitrogen and oxygen atoms in total. The second kappa shape index (κ2) is 5.41. The predicted molar refractivity (Wildman–Crippen MR) is 64.4 cm³/mol. The second-order valence-electron chi connectivity index (χ2n) is 4.11. The lowest BCUT2D eigenvalue weighted by Gasteiger charge is -2.10. The zero-order chi connectivity index (χ0) is 13.0. The predicted octanol–water partition coefficient (Wildman–Crippen LogP) is 1.22. The lowest BCUT2D eigenvalue weighted by Crippen LogP contribution is -2.30. The number of hydrogen-bond donors (Lipinski definition) is 1. The van der Waals surface area contributed by atoms with Crippen molar-refractivity contribution in [2.75, 3.05) is 13.7 Å². The van der Waals surface area contributed by atoms with Crippen molar-refractivity contribution in [3.63, 3.8) is 0 Å². The number of nitrogens with one attached hydrogen (secondary N) is 1. The van der Waals surface area contributed by atoms with Crippen LogP contribution in [0.25, 0.3) is 0 Å². The first-order chi connectivity index (χ1) is 8.72. The molecule has 1 N–H and O–H groups in total. The van der Waals surface area contributed by atoms with Crippen LogP contribution in [-0.2, 0) is 4.79 Å². The minimum Gasteiger partial charge on any atom is -0.493 e. The average Bonchev–Trinajstić information content (AvgIpc) is 3.20. The van der Waals surface area contributed by atoms with Gasteiger partial charge in [0.1, 0.15) is 0 Å². The van der Waals surface area contributed by atoms with Gasteiger partial charge >= 0.3 is 0 Å². The minimum atomic E-state index is -0.135. The number of ether oxygens (including phenoxy) is 2. The Hall–Kier alpha value is -2.22. The fourth-order valence-corrected chi connectivity index (χ4v) is 1.50. The van der Waals surface area contributed by atoms with Crippen LogP contribution < -0.4 is 14.8 Å². The minimum absolute atomic E-state index is 0.0429. The molecule has 0 atom stereocenters. The molecule has 0 radical (unpaired) electrons. The maximum Gasteiger partial charge on any atom is 0.258 e. The third kappa shape index (κ3) is 3.14. The summed E-state index contributed by atoms with van der Waals surface area (Å²) in [6.45, 7) is -0.0429. The van der Waals surface area contributed by atoms with Crippen molar-refractivity contribution in [3.8, 4) is 17.6 Å². The standard InChI is InChI=1S/C13H14N2O3/c1-17-12-6-9(7-14)2-5-11(12)18-8-13(16)15-10-3-4-10/h2,5-6,10H,3-4,8H2,1H3,(H,15,16). The Morgan fingerprint density at radius 1 is 1.50 bits per heavy atom. The van der Waals surface area contributed by atoms with E-state index in [4.69, 9.17) is 14.7 Å². The maximum absolute atomic E-state index is 11.5. The van der Waals surface area contributed by atoms with Gasteiger partial charge in [-0.05, 0) is 25.0 Å². The van der Waals surface area contributed by atoms with E-state index in [1.807, 2.05) is 6.07 Å². The molecule has 18 heavy (non-hydrogen) atoms. The molecule has 0 spiro atoms. The lowest BCUT2D eigenvalue weighted by molar-refractivity contribution is -0.123. The molecule has 0 unspecified atom stereocenters. The molecule has 1 amide bonds. The number of amides is 1. The average molecular weight is 246 g/mol. The molecule has 0 saturated heterocycles. The highest BCUT2D eigenvalue weighted by molar-refractivity contribution is 5.78. The van der Waals surface area contributed by atoms with E-state index in [0.29, 0.717) is 23.1 Å².